The second kappa shape index (κ2) is 4.22. The first-order chi connectivity index (χ1) is 7.22. The Balaban J connectivity index is 2.54. The van der Waals surface area contributed by atoms with Crippen LogP contribution in [0.3, 0.4) is 0 Å². The molecule has 0 aliphatic rings. The van der Waals surface area contributed by atoms with Crippen molar-refractivity contribution in [2.75, 3.05) is 0 Å². The van der Waals surface area contributed by atoms with Crippen LogP contribution in [0.25, 0.3) is 11.3 Å². The zero-order chi connectivity index (χ0) is 10.8. The summed E-state index contributed by atoms with van der Waals surface area (Å²) in [5.41, 5.74) is 1.51. The third-order valence-electron chi connectivity index (χ3n) is 2.10. The maximum absolute atomic E-state index is 12.8. The van der Waals surface area contributed by atoms with E-state index in [9.17, 15) is 9.50 Å². The van der Waals surface area contributed by atoms with E-state index in [0.717, 1.165) is 16.1 Å². The largest absolute Gasteiger partial charge is 0.507 e. The van der Waals surface area contributed by atoms with Crippen molar-refractivity contribution in [1.82, 2.24) is 0 Å². The minimum Gasteiger partial charge on any atom is -0.507 e. The van der Waals surface area contributed by atoms with Gasteiger partial charge in [0.15, 0.2) is 0 Å². The average Bonchev–Trinajstić information content (AvgIpc) is 2.65. The van der Waals surface area contributed by atoms with E-state index < -0.39 is 5.82 Å². The van der Waals surface area contributed by atoms with Gasteiger partial charge in [-0.2, -0.15) is 0 Å². The minimum absolute atomic E-state index is 0.101. The lowest BCUT2D eigenvalue weighted by atomic mass is 10.1. The predicted octanol–water partition coefficient (Wildman–Crippen LogP) is 3.73. The molecule has 0 aliphatic heterocycles. The third kappa shape index (κ3) is 1.99. The third-order valence-corrected chi connectivity index (χ3v) is 2.92. The van der Waals surface area contributed by atoms with Crippen molar-refractivity contribution < 1.29 is 13.9 Å². The molecule has 0 saturated heterocycles. The van der Waals surface area contributed by atoms with Crippen LogP contribution in [0.5, 0.6) is 5.75 Å². The zero-order valence-electron chi connectivity index (χ0n) is 7.71. The highest BCUT2D eigenvalue weighted by Crippen LogP contribution is 2.33. The van der Waals surface area contributed by atoms with Gasteiger partial charge >= 0.3 is 0 Å². The number of alkyl halides is 1. The van der Waals surface area contributed by atoms with Gasteiger partial charge in [-0.05, 0) is 18.2 Å². The van der Waals surface area contributed by atoms with E-state index in [4.69, 9.17) is 4.42 Å². The Kier molecular flexibility index (Phi) is 2.95. The van der Waals surface area contributed by atoms with Crippen LogP contribution in [0, 0.1) is 5.82 Å². The van der Waals surface area contributed by atoms with Gasteiger partial charge in [0.1, 0.15) is 17.3 Å². The van der Waals surface area contributed by atoms with E-state index in [0.29, 0.717) is 11.3 Å². The fourth-order valence-electron chi connectivity index (χ4n) is 1.37. The zero-order valence-corrected chi connectivity index (χ0v) is 9.86. The molecule has 0 radical (unpaired) electrons. The van der Waals surface area contributed by atoms with E-state index >= 15 is 0 Å². The van der Waals surface area contributed by atoms with Crippen LogP contribution in [-0.4, -0.2) is 5.11 Å². The molecule has 0 spiro atoms. The number of halogens is 2. The molecule has 0 aliphatic carbocycles. The van der Waals surface area contributed by atoms with Crippen LogP contribution in [0.4, 0.5) is 4.39 Å². The van der Waals surface area contributed by atoms with Crippen molar-refractivity contribution >= 4 is 22.6 Å². The highest BCUT2D eigenvalue weighted by atomic mass is 127. The van der Waals surface area contributed by atoms with Crippen molar-refractivity contribution in [3.63, 3.8) is 0 Å². The van der Waals surface area contributed by atoms with Gasteiger partial charge in [-0.25, -0.2) is 4.39 Å². The molecule has 0 saturated carbocycles. The fourth-order valence-corrected chi connectivity index (χ4v) is 1.97. The minimum atomic E-state index is -0.459. The van der Waals surface area contributed by atoms with Crippen LogP contribution in [0.2, 0.25) is 0 Å². The summed E-state index contributed by atoms with van der Waals surface area (Å²) >= 11 is 2.21. The molecular weight excluding hydrogens is 310 g/mol. The Morgan fingerprint density at radius 1 is 1.33 bits per heavy atom. The standard InChI is InChI=1S/C11H8FIO2/c12-8-1-2-9(10(14)5-8)11-7(6-13)3-4-15-11/h1-5,14H,6H2. The summed E-state index contributed by atoms with van der Waals surface area (Å²) in [6.07, 6.45) is 1.56. The summed E-state index contributed by atoms with van der Waals surface area (Å²) in [5, 5.41) is 9.58. The van der Waals surface area contributed by atoms with E-state index in [-0.39, 0.29) is 5.75 Å². The quantitative estimate of drug-likeness (QED) is 0.676. The molecule has 1 N–H and O–H groups in total. The Morgan fingerprint density at radius 3 is 2.80 bits per heavy atom. The van der Waals surface area contributed by atoms with Gasteiger partial charge in [0.05, 0.1) is 11.8 Å². The Hall–Kier alpha value is -1.04. The van der Waals surface area contributed by atoms with Gasteiger partial charge in [0, 0.05) is 16.1 Å². The maximum atomic E-state index is 12.8. The molecule has 2 nitrogen and oxygen atoms in total. The number of hydrogen-bond donors (Lipinski definition) is 1. The summed E-state index contributed by atoms with van der Waals surface area (Å²) in [5.74, 6) is 0.0387. The first kappa shape index (κ1) is 10.5. The summed E-state index contributed by atoms with van der Waals surface area (Å²) in [6.45, 7) is 0. The van der Waals surface area contributed by atoms with Crippen LogP contribution in [0.15, 0.2) is 34.9 Å². The van der Waals surface area contributed by atoms with Crippen molar-refractivity contribution in [3.8, 4) is 17.1 Å². The topological polar surface area (TPSA) is 33.4 Å². The average molecular weight is 318 g/mol. The monoisotopic (exact) mass is 318 g/mol. The summed E-state index contributed by atoms with van der Waals surface area (Å²) in [7, 11) is 0. The van der Waals surface area contributed by atoms with Crippen molar-refractivity contribution in [2.24, 2.45) is 0 Å². The van der Waals surface area contributed by atoms with Gasteiger partial charge in [-0.15, -0.1) is 0 Å². The van der Waals surface area contributed by atoms with Crippen LogP contribution in [0.1, 0.15) is 5.56 Å². The summed E-state index contributed by atoms with van der Waals surface area (Å²) < 4.78 is 18.8. The maximum Gasteiger partial charge on any atom is 0.141 e. The lowest BCUT2D eigenvalue weighted by molar-refractivity contribution is 0.467. The Morgan fingerprint density at radius 2 is 2.13 bits per heavy atom. The molecule has 78 valence electrons. The fraction of sp³-hybridized carbons (Fsp3) is 0.0909. The first-order valence-electron chi connectivity index (χ1n) is 4.33. The van der Waals surface area contributed by atoms with E-state index in [1.54, 1.807) is 6.26 Å². The number of phenolic OH excluding ortho intramolecular Hbond substituents is 1. The normalized spacial score (nSPS) is 10.5. The Bertz CT molecular complexity index is 479. The number of furan rings is 1. The molecule has 1 aromatic carbocycles. The van der Waals surface area contributed by atoms with Crippen molar-refractivity contribution in [1.29, 1.82) is 0 Å². The van der Waals surface area contributed by atoms with E-state index in [1.165, 1.54) is 12.1 Å². The molecule has 0 amide bonds. The highest BCUT2D eigenvalue weighted by Gasteiger charge is 2.12. The lowest BCUT2D eigenvalue weighted by Gasteiger charge is -2.03. The molecule has 1 heterocycles. The second-order valence-corrected chi connectivity index (χ2v) is 3.83. The van der Waals surface area contributed by atoms with Gasteiger partial charge in [0.25, 0.3) is 0 Å². The molecule has 0 bridgehead atoms. The molecule has 4 heteroatoms. The molecule has 0 atom stereocenters. The molecule has 1 aromatic heterocycles. The van der Waals surface area contributed by atoms with Crippen LogP contribution < -0.4 is 0 Å². The molecule has 2 aromatic rings. The van der Waals surface area contributed by atoms with Gasteiger partial charge in [-0.1, -0.05) is 22.6 Å². The highest BCUT2D eigenvalue weighted by molar-refractivity contribution is 14.1. The predicted molar refractivity (Wildman–Crippen MR) is 63.5 cm³/mol. The SMILES string of the molecule is Oc1cc(F)ccc1-c1occc1CI. The summed E-state index contributed by atoms with van der Waals surface area (Å²) in [6, 6.07) is 5.73. The second-order valence-electron chi connectivity index (χ2n) is 3.07. The van der Waals surface area contributed by atoms with Crippen LogP contribution >= 0.6 is 22.6 Å². The number of aromatic hydroxyl groups is 1. The smallest absolute Gasteiger partial charge is 0.141 e. The first-order valence-corrected chi connectivity index (χ1v) is 5.86. The number of phenols is 1. The number of benzene rings is 1. The van der Waals surface area contributed by atoms with Crippen LogP contribution in [-0.2, 0) is 4.43 Å². The van der Waals surface area contributed by atoms with E-state index in [1.807, 2.05) is 6.07 Å². The number of hydrogen-bond acceptors (Lipinski definition) is 2. The summed E-state index contributed by atoms with van der Waals surface area (Å²) in [4.78, 5) is 0. The van der Waals surface area contributed by atoms with Gasteiger partial charge in [-0.3, -0.25) is 0 Å². The molecule has 0 unspecified atom stereocenters. The molecule has 2 rings (SSSR count). The Labute approximate surface area is 99.9 Å². The molecular formula is C11H8FIO2. The molecule has 15 heavy (non-hydrogen) atoms. The number of rotatable bonds is 2. The van der Waals surface area contributed by atoms with Gasteiger partial charge in [0.2, 0.25) is 0 Å². The van der Waals surface area contributed by atoms with Gasteiger partial charge < -0.3 is 9.52 Å². The van der Waals surface area contributed by atoms with E-state index in [2.05, 4.69) is 22.6 Å². The van der Waals surface area contributed by atoms with Crippen molar-refractivity contribution in [3.05, 3.63) is 41.9 Å². The van der Waals surface area contributed by atoms with Crippen molar-refractivity contribution in [2.45, 2.75) is 4.43 Å². The lowest BCUT2D eigenvalue weighted by Crippen LogP contribution is -1.82. The molecule has 0 fully saturated rings.